The van der Waals surface area contributed by atoms with Gasteiger partial charge in [-0.1, -0.05) is 44.2 Å². The predicted octanol–water partition coefficient (Wildman–Crippen LogP) is 4.98. The van der Waals surface area contributed by atoms with Crippen LogP contribution >= 0.6 is 0 Å². The van der Waals surface area contributed by atoms with E-state index in [1.807, 2.05) is 48.5 Å². The van der Waals surface area contributed by atoms with Crippen LogP contribution in [0.3, 0.4) is 0 Å². The maximum Gasteiger partial charge on any atom is 0.228 e. The van der Waals surface area contributed by atoms with Gasteiger partial charge in [-0.05, 0) is 29.2 Å². The number of ether oxygens (including phenoxy) is 3. The number of Topliss-reactive ketones (excluding diaryl/α,β-unsaturated/α-hetero) is 1. The molecule has 36 heavy (non-hydrogen) atoms. The van der Waals surface area contributed by atoms with Crippen molar-refractivity contribution in [3.63, 3.8) is 0 Å². The molecule has 6 rings (SSSR count). The lowest BCUT2D eigenvalue weighted by atomic mass is 9.70. The average molecular weight is 483 g/mol. The quantitative estimate of drug-likeness (QED) is 0.406. The van der Waals surface area contributed by atoms with Gasteiger partial charge in [-0.25, -0.2) is 14.5 Å². The van der Waals surface area contributed by atoms with Gasteiger partial charge >= 0.3 is 0 Å². The van der Waals surface area contributed by atoms with E-state index in [9.17, 15) is 4.79 Å². The van der Waals surface area contributed by atoms with Crippen molar-refractivity contribution in [2.75, 3.05) is 14.2 Å². The van der Waals surface area contributed by atoms with Gasteiger partial charge in [-0.3, -0.25) is 4.79 Å². The molecule has 182 valence electrons. The predicted molar refractivity (Wildman–Crippen MR) is 133 cm³/mol. The Morgan fingerprint density at radius 3 is 2.56 bits per heavy atom. The molecule has 2 aliphatic rings. The van der Waals surface area contributed by atoms with E-state index >= 15 is 0 Å². The molecule has 0 fully saturated rings. The molecule has 0 N–H and O–H groups in total. The number of hydrogen-bond acceptors (Lipinski definition) is 7. The van der Waals surface area contributed by atoms with Gasteiger partial charge in [0.2, 0.25) is 5.88 Å². The summed E-state index contributed by atoms with van der Waals surface area (Å²) in [5, 5.41) is 4.69. The fourth-order valence-electron chi connectivity index (χ4n) is 5.22. The molecular weight excluding hydrogens is 456 g/mol. The second kappa shape index (κ2) is 8.19. The fraction of sp³-hybridized carbons (Fsp3) is 0.286. The Labute approximate surface area is 208 Å². The number of nitrogens with zero attached hydrogens (tertiary/aromatic N) is 4. The molecule has 8 heteroatoms. The molecule has 0 radical (unpaired) electrons. The van der Waals surface area contributed by atoms with E-state index in [0.29, 0.717) is 53.0 Å². The summed E-state index contributed by atoms with van der Waals surface area (Å²) in [6.45, 7) is 4.19. The van der Waals surface area contributed by atoms with Crippen molar-refractivity contribution in [1.82, 2.24) is 19.6 Å². The standard InChI is InChI=1S/C28H26N4O4/c1-28(2)13-18(33)23-21(14-28)36-27-24(22(23)16-8-6-5-7-9-16)26-30-25(31-32(26)15-29-27)17-10-11-19(34-3)20(12-17)35-4/h5-12,15,22H,13-14H2,1-4H3. The third-order valence-corrected chi connectivity index (χ3v) is 6.84. The van der Waals surface area contributed by atoms with Crippen LogP contribution in [0.1, 0.15) is 43.7 Å². The Bertz CT molecular complexity index is 1540. The van der Waals surface area contributed by atoms with Crippen LogP contribution in [0.5, 0.6) is 17.4 Å². The molecule has 0 bridgehead atoms. The Hall–Kier alpha value is -4.20. The molecule has 4 aromatic rings. The monoisotopic (exact) mass is 482 g/mol. The van der Waals surface area contributed by atoms with Crippen molar-refractivity contribution in [1.29, 1.82) is 0 Å². The van der Waals surface area contributed by atoms with Gasteiger partial charge in [0.1, 0.15) is 12.1 Å². The number of carbonyl (C=O) groups is 1. The Balaban J connectivity index is 1.56. The minimum atomic E-state index is -0.341. The Kier molecular flexibility index (Phi) is 5.07. The Morgan fingerprint density at radius 1 is 1.03 bits per heavy atom. The summed E-state index contributed by atoms with van der Waals surface area (Å²) in [5.41, 5.74) is 3.63. The molecule has 0 amide bonds. The minimum absolute atomic E-state index is 0.0994. The minimum Gasteiger partial charge on any atom is -0.493 e. The molecule has 0 saturated carbocycles. The summed E-state index contributed by atoms with van der Waals surface area (Å²) >= 11 is 0. The number of fused-ring (bicyclic) bond motifs is 3. The fourth-order valence-corrected chi connectivity index (χ4v) is 5.22. The number of methoxy groups -OCH3 is 2. The molecule has 1 unspecified atom stereocenters. The largest absolute Gasteiger partial charge is 0.493 e. The number of allylic oxidation sites excluding steroid dienone is 2. The van der Waals surface area contributed by atoms with Crippen LogP contribution in [-0.4, -0.2) is 39.6 Å². The highest BCUT2D eigenvalue weighted by Crippen LogP contribution is 2.50. The lowest BCUT2D eigenvalue weighted by Gasteiger charge is -2.37. The van der Waals surface area contributed by atoms with Crippen LogP contribution in [0.15, 0.2) is 66.2 Å². The summed E-state index contributed by atoms with van der Waals surface area (Å²) < 4.78 is 18.8. The first kappa shape index (κ1) is 22.3. The van der Waals surface area contributed by atoms with E-state index in [2.05, 4.69) is 23.9 Å². The third kappa shape index (κ3) is 3.52. The second-order valence-corrected chi connectivity index (χ2v) is 9.96. The summed E-state index contributed by atoms with van der Waals surface area (Å²) in [5.74, 6) is 2.65. The van der Waals surface area contributed by atoms with Crippen LogP contribution in [0.2, 0.25) is 0 Å². The molecule has 3 heterocycles. The topological polar surface area (TPSA) is 87.8 Å². The van der Waals surface area contributed by atoms with Crippen molar-refractivity contribution < 1.29 is 19.0 Å². The highest BCUT2D eigenvalue weighted by Gasteiger charge is 2.43. The molecule has 0 saturated heterocycles. The van der Waals surface area contributed by atoms with Crippen LogP contribution in [-0.2, 0) is 4.79 Å². The summed E-state index contributed by atoms with van der Waals surface area (Å²) in [7, 11) is 3.19. The van der Waals surface area contributed by atoms with E-state index in [4.69, 9.17) is 19.2 Å². The smallest absolute Gasteiger partial charge is 0.228 e. The first-order valence-corrected chi connectivity index (χ1v) is 11.9. The normalized spacial score (nSPS) is 18.4. The molecule has 1 aliphatic carbocycles. The van der Waals surface area contributed by atoms with Crippen LogP contribution in [0.4, 0.5) is 0 Å². The first-order chi connectivity index (χ1) is 17.4. The zero-order chi connectivity index (χ0) is 25.0. The zero-order valence-corrected chi connectivity index (χ0v) is 20.6. The van der Waals surface area contributed by atoms with E-state index < -0.39 is 0 Å². The van der Waals surface area contributed by atoms with E-state index in [-0.39, 0.29) is 17.1 Å². The highest BCUT2D eigenvalue weighted by molar-refractivity contribution is 6.00. The van der Waals surface area contributed by atoms with Gasteiger partial charge in [0.25, 0.3) is 0 Å². The van der Waals surface area contributed by atoms with Gasteiger partial charge in [0.15, 0.2) is 28.8 Å². The van der Waals surface area contributed by atoms with E-state index in [0.717, 1.165) is 16.7 Å². The van der Waals surface area contributed by atoms with E-state index in [1.165, 1.54) is 0 Å². The molecular formula is C28H26N4O4. The molecule has 0 spiro atoms. The molecule has 2 aromatic carbocycles. The highest BCUT2D eigenvalue weighted by atomic mass is 16.5. The lowest BCUT2D eigenvalue weighted by molar-refractivity contribution is -0.118. The van der Waals surface area contributed by atoms with Crippen LogP contribution in [0, 0.1) is 5.41 Å². The summed E-state index contributed by atoms with van der Waals surface area (Å²) in [6.07, 6.45) is 2.75. The van der Waals surface area contributed by atoms with Gasteiger partial charge < -0.3 is 14.2 Å². The number of aromatic nitrogens is 4. The Morgan fingerprint density at radius 2 is 1.81 bits per heavy atom. The molecule has 8 nitrogen and oxygen atoms in total. The van der Waals surface area contributed by atoms with Crippen LogP contribution in [0.25, 0.3) is 17.0 Å². The van der Waals surface area contributed by atoms with Crippen molar-refractivity contribution in [2.45, 2.75) is 32.6 Å². The van der Waals surface area contributed by atoms with Crippen molar-refractivity contribution in [3.05, 3.63) is 77.3 Å². The maximum atomic E-state index is 13.5. The van der Waals surface area contributed by atoms with Gasteiger partial charge in [0, 0.05) is 29.9 Å². The van der Waals surface area contributed by atoms with Crippen LogP contribution < -0.4 is 14.2 Å². The number of carbonyl (C=O) groups excluding carboxylic acids is 1. The summed E-state index contributed by atoms with van der Waals surface area (Å²) in [6, 6.07) is 15.5. The van der Waals surface area contributed by atoms with Crippen molar-refractivity contribution in [2.24, 2.45) is 5.41 Å². The SMILES string of the molecule is COc1ccc(-c2nc3c4c(ncn3n2)OC2=C(C(=O)CC(C)(C)C2)C4c2ccccc2)cc1OC. The summed E-state index contributed by atoms with van der Waals surface area (Å²) in [4.78, 5) is 23.0. The lowest BCUT2D eigenvalue weighted by Crippen LogP contribution is -2.33. The number of benzene rings is 2. The third-order valence-electron chi connectivity index (χ3n) is 6.84. The number of ketones is 1. The molecule has 1 atom stereocenters. The van der Waals surface area contributed by atoms with Gasteiger partial charge in [0.05, 0.1) is 19.8 Å². The molecule has 1 aliphatic heterocycles. The maximum absolute atomic E-state index is 13.5. The number of hydrogen-bond donors (Lipinski definition) is 0. The first-order valence-electron chi connectivity index (χ1n) is 11.9. The zero-order valence-electron chi connectivity index (χ0n) is 20.6. The van der Waals surface area contributed by atoms with E-state index in [1.54, 1.807) is 25.1 Å². The van der Waals surface area contributed by atoms with Gasteiger partial charge in [-0.15, -0.1) is 5.10 Å². The van der Waals surface area contributed by atoms with Crippen molar-refractivity contribution >= 4 is 11.4 Å². The second-order valence-electron chi connectivity index (χ2n) is 9.96. The van der Waals surface area contributed by atoms with Crippen molar-refractivity contribution in [3.8, 4) is 28.8 Å². The number of rotatable bonds is 4. The molecule has 2 aromatic heterocycles. The van der Waals surface area contributed by atoms with Gasteiger partial charge in [-0.2, -0.15) is 0 Å². The average Bonchev–Trinajstić information content (AvgIpc) is 3.31.